The molecular formula is C21H25Cl2NZr. The summed E-state index contributed by atoms with van der Waals surface area (Å²) in [5.41, 5.74) is 10.9. The van der Waals surface area contributed by atoms with E-state index in [0.29, 0.717) is 3.12 Å². The Morgan fingerprint density at radius 3 is 2.28 bits per heavy atom. The molecule has 1 aromatic heterocycles. The Morgan fingerprint density at radius 2 is 1.72 bits per heavy atom. The van der Waals surface area contributed by atoms with Crippen molar-refractivity contribution in [2.75, 3.05) is 0 Å². The van der Waals surface area contributed by atoms with Gasteiger partial charge in [0.05, 0.1) is 0 Å². The number of rotatable bonds is 2. The Morgan fingerprint density at radius 1 is 1.04 bits per heavy atom. The fourth-order valence-electron chi connectivity index (χ4n) is 4.87. The molecule has 25 heavy (non-hydrogen) atoms. The van der Waals surface area contributed by atoms with Gasteiger partial charge in [0.25, 0.3) is 0 Å². The van der Waals surface area contributed by atoms with E-state index < -0.39 is 23.2 Å². The zero-order valence-corrected chi connectivity index (χ0v) is 19.7. The van der Waals surface area contributed by atoms with Crippen molar-refractivity contribution in [1.82, 2.24) is 4.98 Å². The molecule has 1 heterocycles. The van der Waals surface area contributed by atoms with Gasteiger partial charge in [-0.1, -0.05) is 0 Å². The predicted molar refractivity (Wildman–Crippen MR) is 95.0 cm³/mol. The van der Waals surface area contributed by atoms with E-state index in [-0.39, 0.29) is 24.8 Å². The van der Waals surface area contributed by atoms with Gasteiger partial charge in [-0.2, -0.15) is 0 Å². The predicted octanol–water partition coefficient (Wildman–Crippen LogP) is -0.634. The zero-order chi connectivity index (χ0) is 16.5. The van der Waals surface area contributed by atoms with Crippen LogP contribution in [0.15, 0.2) is 40.5 Å². The van der Waals surface area contributed by atoms with Crippen LogP contribution in [0.3, 0.4) is 0 Å². The monoisotopic (exact) mass is 451 g/mol. The van der Waals surface area contributed by atoms with E-state index in [0.717, 1.165) is 5.92 Å². The van der Waals surface area contributed by atoms with Crippen LogP contribution >= 0.6 is 0 Å². The first-order valence-electron chi connectivity index (χ1n) is 8.62. The fourth-order valence-corrected chi connectivity index (χ4v) is 9.96. The summed E-state index contributed by atoms with van der Waals surface area (Å²) in [7, 11) is 0. The van der Waals surface area contributed by atoms with Gasteiger partial charge in [-0.05, 0) is 0 Å². The molecule has 2 aliphatic carbocycles. The van der Waals surface area contributed by atoms with Crippen LogP contribution < -0.4 is 28.2 Å². The minimum atomic E-state index is -0.774. The van der Waals surface area contributed by atoms with Crippen LogP contribution in [0.25, 0.3) is 10.9 Å². The maximum atomic E-state index is 3.81. The zero-order valence-electron chi connectivity index (χ0n) is 15.8. The number of halogens is 2. The van der Waals surface area contributed by atoms with Gasteiger partial charge in [0.1, 0.15) is 0 Å². The van der Waals surface area contributed by atoms with Crippen molar-refractivity contribution in [2.45, 2.75) is 51.1 Å². The Hall–Kier alpha value is -0.297. The third-order valence-corrected chi connectivity index (χ3v) is 12.2. The molecule has 0 bridgehead atoms. The number of fused-ring (bicyclic) bond motifs is 2. The number of benzene rings is 1. The summed E-state index contributed by atoms with van der Waals surface area (Å²) in [4.78, 5) is 3.81. The van der Waals surface area contributed by atoms with Crippen molar-refractivity contribution < 1.29 is 48.0 Å². The van der Waals surface area contributed by atoms with Gasteiger partial charge in [-0.15, -0.1) is 0 Å². The second kappa shape index (κ2) is 7.02. The Kier molecular flexibility index (Phi) is 5.90. The van der Waals surface area contributed by atoms with Gasteiger partial charge in [-0.25, -0.2) is 0 Å². The van der Waals surface area contributed by atoms with Gasteiger partial charge in [0, 0.05) is 0 Å². The first-order valence-corrected chi connectivity index (χ1v) is 11.1. The quantitative estimate of drug-likeness (QED) is 0.623. The van der Waals surface area contributed by atoms with Gasteiger partial charge >= 0.3 is 151 Å². The number of H-pyrrole nitrogens is 1. The van der Waals surface area contributed by atoms with Gasteiger partial charge in [0.2, 0.25) is 0 Å². The molecule has 4 rings (SSSR count). The van der Waals surface area contributed by atoms with Crippen molar-refractivity contribution in [1.29, 1.82) is 0 Å². The van der Waals surface area contributed by atoms with Crippen molar-refractivity contribution in [2.24, 2.45) is 5.92 Å². The minimum Gasteiger partial charge on any atom is -1.00 e. The number of hydrogen-bond donors (Lipinski definition) is 1. The van der Waals surface area contributed by atoms with Gasteiger partial charge in [-0.3, -0.25) is 0 Å². The summed E-state index contributed by atoms with van der Waals surface area (Å²) in [6, 6.07) is 6.65. The van der Waals surface area contributed by atoms with E-state index in [1.54, 1.807) is 25.7 Å². The van der Waals surface area contributed by atoms with Crippen LogP contribution in [0.4, 0.5) is 0 Å². The van der Waals surface area contributed by atoms with Crippen molar-refractivity contribution in [3.8, 4) is 0 Å². The van der Waals surface area contributed by atoms with Crippen LogP contribution in [-0.2, 0) is 23.2 Å². The molecule has 0 saturated heterocycles. The number of aromatic nitrogens is 1. The summed E-state index contributed by atoms with van der Waals surface area (Å²) >= 11 is -0.774. The molecule has 1 nitrogen and oxygen atoms in total. The van der Waals surface area contributed by atoms with Crippen molar-refractivity contribution in [3.05, 3.63) is 51.6 Å². The Labute approximate surface area is 175 Å². The van der Waals surface area contributed by atoms with E-state index >= 15 is 0 Å². The van der Waals surface area contributed by atoms with Gasteiger partial charge < -0.3 is 24.8 Å². The SMILES string of the molecule is CC1=C(C)[C]2([Zr+2][c]3[nH]c4cccc(C)c4c3C)C(=C1C)CC2C.[Cl-].[Cl-]. The molecule has 0 radical (unpaired) electrons. The van der Waals surface area contributed by atoms with Crippen LogP contribution in [0.2, 0.25) is 3.12 Å². The fraction of sp³-hybridized carbons (Fsp3) is 0.429. The molecule has 2 unspecified atom stereocenters. The topological polar surface area (TPSA) is 15.8 Å². The van der Waals surface area contributed by atoms with E-state index in [4.69, 9.17) is 0 Å². The van der Waals surface area contributed by atoms with Crippen molar-refractivity contribution in [3.63, 3.8) is 0 Å². The van der Waals surface area contributed by atoms with E-state index in [2.05, 4.69) is 64.7 Å². The van der Waals surface area contributed by atoms with E-state index in [1.807, 2.05) is 0 Å². The van der Waals surface area contributed by atoms with Crippen LogP contribution in [0, 0.1) is 19.8 Å². The Bertz CT molecular complexity index is 886. The van der Waals surface area contributed by atoms with E-state index in [9.17, 15) is 0 Å². The van der Waals surface area contributed by atoms with E-state index in [1.165, 1.54) is 28.5 Å². The number of hydrogen-bond acceptors (Lipinski definition) is 0. The summed E-state index contributed by atoms with van der Waals surface area (Å²) in [5, 5.41) is 1.46. The first kappa shape index (κ1) is 21.0. The molecule has 1 aromatic carbocycles. The summed E-state index contributed by atoms with van der Waals surface area (Å²) in [6.07, 6.45) is 1.32. The largest absolute Gasteiger partial charge is 1.00 e. The van der Waals surface area contributed by atoms with Crippen LogP contribution in [-0.4, -0.2) is 4.98 Å². The third-order valence-electron chi connectivity index (χ3n) is 6.50. The van der Waals surface area contributed by atoms with Gasteiger partial charge in [0.15, 0.2) is 0 Å². The molecule has 2 aromatic rings. The standard InChI is InChI=1S/C11H15.C10H10N.2ClH.Zr/c1-6-5-10-8(3)7(2)9(4)11(6)10;1-7-4-3-5-9-10(7)8(2)6-11-9;;;/h6H,5H2,1-4H3;3-5,11H,1-2H3;2*1H;/q;;;;+2/p-2. The maximum Gasteiger partial charge on any atom is -1.00 e. The minimum absolute atomic E-state index is 0. The normalized spacial score (nSPS) is 24.5. The number of nitrogens with one attached hydrogen (secondary N) is 1. The molecule has 1 saturated carbocycles. The second-order valence-electron chi connectivity index (χ2n) is 7.51. The molecule has 132 valence electrons. The maximum absolute atomic E-state index is 3.81. The second-order valence-corrected chi connectivity index (χ2v) is 11.3. The summed E-state index contributed by atoms with van der Waals surface area (Å²) in [6.45, 7) is 14.1. The molecule has 1 fully saturated rings. The van der Waals surface area contributed by atoms with Crippen LogP contribution in [0.5, 0.6) is 0 Å². The van der Waals surface area contributed by atoms with Crippen molar-refractivity contribution >= 4 is 14.3 Å². The molecule has 1 N–H and O–H groups in total. The molecule has 0 spiro atoms. The molecule has 2 atom stereocenters. The first-order chi connectivity index (χ1) is 10.9. The number of aromatic amines is 1. The Balaban J connectivity index is 0.00000113. The number of aryl methyl sites for hydroxylation is 2. The average molecular weight is 454 g/mol. The third kappa shape index (κ3) is 2.67. The molecule has 0 aliphatic heterocycles. The molecule has 4 heteroatoms. The molecule has 2 aliphatic rings. The molecule has 0 amide bonds. The van der Waals surface area contributed by atoms with Crippen LogP contribution in [0.1, 0.15) is 45.2 Å². The smallest absolute Gasteiger partial charge is 1.00 e. The number of allylic oxidation sites excluding steroid dienone is 4. The summed E-state index contributed by atoms with van der Waals surface area (Å²) in [5.74, 6) is 0.823. The summed E-state index contributed by atoms with van der Waals surface area (Å²) < 4.78 is 2.06. The molecular weight excluding hydrogens is 428 g/mol. The average Bonchev–Trinajstić information content (AvgIpc) is 2.90.